The molecule has 0 bridgehead atoms. The maximum Gasteiger partial charge on any atom is 0.294 e. The van der Waals surface area contributed by atoms with Crippen LogP contribution in [0.2, 0.25) is 0 Å². The third kappa shape index (κ3) is 3.14. The largest absolute Gasteiger partial charge is 0.334 e. The highest BCUT2D eigenvalue weighted by atomic mass is 32.2. The predicted molar refractivity (Wildman–Crippen MR) is 76.5 cm³/mol. The number of nitrogens with zero attached hydrogens (tertiary/aromatic N) is 3. The molecule has 6 heteroatoms. The average molecular weight is 276 g/mol. The van der Waals surface area contributed by atoms with E-state index in [1.54, 1.807) is 0 Å². The van der Waals surface area contributed by atoms with Crippen molar-refractivity contribution in [3.63, 3.8) is 0 Å². The zero-order chi connectivity index (χ0) is 13.8. The summed E-state index contributed by atoms with van der Waals surface area (Å²) in [5.41, 5.74) is 1.27. The minimum Gasteiger partial charge on any atom is -0.334 e. The van der Waals surface area contributed by atoms with Gasteiger partial charge in [-0.3, -0.25) is 4.79 Å². The molecule has 1 heterocycles. The molecule has 0 saturated carbocycles. The van der Waals surface area contributed by atoms with Crippen molar-refractivity contribution in [3.05, 3.63) is 51.9 Å². The molecule has 0 atom stereocenters. The maximum absolute atomic E-state index is 12.0. The van der Waals surface area contributed by atoms with Crippen molar-refractivity contribution < 1.29 is 0 Å². The van der Waals surface area contributed by atoms with Crippen molar-refractivity contribution >= 4 is 11.8 Å². The molecule has 0 spiro atoms. The number of hydrogen-bond acceptors (Lipinski definition) is 5. The van der Waals surface area contributed by atoms with Crippen molar-refractivity contribution in [2.24, 2.45) is 0 Å². The van der Waals surface area contributed by atoms with E-state index in [1.165, 1.54) is 11.8 Å². The first-order valence-corrected chi connectivity index (χ1v) is 6.99. The Morgan fingerprint density at radius 2 is 1.95 bits per heavy atom. The summed E-state index contributed by atoms with van der Waals surface area (Å²) < 4.78 is 1.08. The van der Waals surface area contributed by atoms with Gasteiger partial charge in [-0.1, -0.05) is 55.9 Å². The van der Waals surface area contributed by atoms with Crippen LogP contribution in [-0.2, 0) is 5.75 Å². The van der Waals surface area contributed by atoms with Crippen LogP contribution in [0.4, 0.5) is 0 Å². The zero-order valence-corrected chi connectivity index (χ0v) is 11.7. The summed E-state index contributed by atoms with van der Waals surface area (Å²) in [7, 11) is 0. The average Bonchev–Trinajstić information content (AvgIpc) is 2.41. The monoisotopic (exact) mass is 276 g/mol. The minimum absolute atomic E-state index is 0.0166. The molecule has 0 radical (unpaired) electrons. The van der Waals surface area contributed by atoms with Crippen molar-refractivity contribution in [3.8, 4) is 0 Å². The molecular formula is C13H16N4OS. The Kier molecular flexibility index (Phi) is 4.21. The van der Waals surface area contributed by atoms with Gasteiger partial charge >= 0.3 is 0 Å². The molecular weight excluding hydrogens is 260 g/mol. The third-order valence-corrected chi connectivity index (χ3v) is 3.66. The SMILES string of the molecule is CC(C)c1nnc(SCc2ccccc2)n(N)c1=O. The van der Waals surface area contributed by atoms with E-state index < -0.39 is 0 Å². The molecule has 100 valence electrons. The normalized spacial score (nSPS) is 10.9. The van der Waals surface area contributed by atoms with Crippen LogP contribution in [0.15, 0.2) is 40.3 Å². The molecule has 0 fully saturated rings. The van der Waals surface area contributed by atoms with E-state index >= 15 is 0 Å². The first kappa shape index (κ1) is 13.6. The molecule has 1 aromatic carbocycles. The van der Waals surface area contributed by atoms with E-state index in [0.29, 0.717) is 16.6 Å². The molecule has 0 aliphatic rings. The number of benzene rings is 1. The Bertz CT molecular complexity index is 610. The second-order valence-electron chi connectivity index (χ2n) is 4.47. The second-order valence-corrected chi connectivity index (χ2v) is 5.41. The Morgan fingerprint density at radius 1 is 1.26 bits per heavy atom. The van der Waals surface area contributed by atoms with Crippen LogP contribution in [0, 0.1) is 0 Å². The van der Waals surface area contributed by atoms with Gasteiger partial charge in [-0.15, -0.1) is 10.2 Å². The van der Waals surface area contributed by atoms with Crippen LogP contribution >= 0.6 is 11.8 Å². The summed E-state index contributed by atoms with van der Waals surface area (Å²) in [5.74, 6) is 6.48. The van der Waals surface area contributed by atoms with Crippen molar-refractivity contribution in [2.45, 2.75) is 30.7 Å². The summed E-state index contributed by atoms with van der Waals surface area (Å²) in [6.45, 7) is 3.78. The molecule has 5 nitrogen and oxygen atoms in total. The summed E-state index contributed by atoms with van der Waals surface area (Å²) in [4.78, 5) is 12.0. The van der Waals surface area contributed by atoms with E-state index in [1.807, 2.05) is 44.2 Å². The number of hydrogen-bond donors (Lipinski definition) is 1. The van der Waals surface area contributed by atoms with Gasteiger partial charge in [0.05, 0.1) is 0 Å². The summed E-state index contributed by atoms with van der Waals surface area (Å²) in [6, 6.07) is 9.94. The van der Waals surface area contributed by atoms with Crippen molar-refractivity contribution in [1.82, 2.24) is 14.9 Å². The van der Waals surface area contributed by atoms with Crippen LogP contribution in [-0.4, -0.2) is 14.9 Å². The number of thioether (sulfide) groups is 1. The van der Waals surface area contributed by atoms with Crippen molar-refractivity contribution in [1.29, 1.82) is 0 Å². The number of aromatic nitrogens is 3. The fourth-order valence-corrected chi connectivity index (χ4v) is 2.39. The molecule has 0 aliphatic heterocycles. The maximum atomic E-state index is 12.0. The molecule has 1 aromatic heterocycles. The lowest BCUT2D eigenvalue weighted by Gasteiger charge is -2.08. The molecule has 0 aliphatic carbocycles. The third-order valence-electron chi connectivity index (χ3n) is 2.64. The molecule has 2 aromatic rings. The van der Waals surface area contributed by atoms with Gasteiger partial charge in [-0.05, 0) is 5.56 Å². The van der Waals surface area contributed by atoms with E-state index in [-0.39, 0.29) is 11.5 Å². The Morgan fingerprint density at radius 3 is 2.58 bits per heavy atom. The highest BCUT2D eigenvalue weighted by Gasteiger charge is 2.13. The standard InChI is InChI=1S/C13H16N4OS/c1-9(2)11-12(18)17(14)13(16-15-11)19-8-10-6-4-3-5-7-10/h3-7,9H,8,14H2,1-2H3. The zero-order valence-electron chi connectivity index (χ0n) is 10.9. The van der Waals surface area contributed by atoms with E-state index in [9.17, 15) is 4.79 Å². The first-order chi connectivity index (χ1) is 9.09. The lowest BCUT2D eigenvalue weighted by atomic mass is 10.1. The van der Waals surface area contributed by atoms with Gasteiger partial charge in [0.25, 0.3) is 5.56 Å². The van der Waals surface area contributed by atoms with Crippen LogP contribution < -0.4 is 11.4 Å². The summed E-state index contributed by atoms with van der Waals surface area (Å²) in [6.07, 6.45) is 0. The number of nitrogens with two attached hydrogens (primary N) is 1. The topological polar surface area (TPSA) is 73.8 Å². The molecule has 0 unspecified atom stereocenters. The lowest BCUT2D eigenvalue weighted by molar-refractivity contribution is 0.639. The fourth-order valence-electron chi connectivity index (χ4n) is 1.58. The number of nitrogen functional groups attached to an aromatic ring is 1. The molecule has 0 saturated heterocycles. The fraction of sp³-hybridized carbons (Fsp3) is 0.308. The quantitative estimate of drug-likeness (QED) is 0.680. The molecule has 0 amide bonds. The van der Waals surface area contributed by atoms with Crippen LogP contribution in [0.1, 0.15) is 31.0 Å². The smallest absolute Gasteiger partial charge is 0.294 e. The number of rotatable bonds is 4. The predicted octanol–water partition coefficient (Wildman–Crippen LogP) is 1.77. The van der Waals surface area contributed by atoms with Crippen LogP contribution in [0.5, 0.6) is 0 Å². The molecule has 2 rings (SSSR count). The van der Waals surface area contributed by atoms with Gasteiger partial charge in [-0.25, -0.2) is 0 Å². The van der Waals surface area contributed by atoms with Crippen molar-refractivity contribution in [2.75, 3.05) is 5.84 Å². The summed E-state index contributed by atoms with van der Waals surface area (Å²) >= 11 is 1.40. The summed E-state index contributed by atoms with van der Waals surface area (Å²) in [5, 5.41) is 8.42. The van der Waals surface area contributed by atoms with Gasteiger partial charge in [-0.2, -0.15) is 4.68 Å². The Hall–Kier alpha value is -1.82. The van der Waals surface area contributed by atoms with Crippen LogP contribution in [0.3, 0.4) is 0 Å². The van der Waals surface area contributed by atoms with Gasteiger partial charge in [0.15, 0.2) is 0 Å². The highest BCUT2D eigenvalue weighted by Crippen LogP contribution is 2.18. The first-order valence-electron chi connectivity index (χ1n) is 6.01. The van der Waals surface area contributed by atoms with Crippen LogP contribution in [0.25, 0.3) is 0 Å². The highest BCUT2D eigenvalue weighted by molar-refractivity contribution is 7.98. The van der Waals surface area contributed by atoms with E-state index in [2.05, 4.69) is 10.2 Å². The minimum atomic E-state index is -0.277. The lowest BCUT2D eigenvalue weighted by Crippen LogP contribution is -2.34. The van der Waals surface area contributed by atoms with Gasteiger partial charge in [0.1, 0.15) is 5.69 Å². The Labute approximate surface area is 115 Å². The second kappa shape index (κ2) is 5.88. The van der Waals surface area contributed by atoms with E-state index in [4.69, 9.17) is 5.84 Å². The molecule has 19 heavy (non-hydrogen) atoms. The van der Waals surface area contributed by atoms with E-state index in [0.717, 1.165) is 10.2 Å². The Balaban J connectivity index is 2.18. The van der Waals surface area contributed by atoms with Gasteiger partial charge in [0, 0.05) is 11.7 Å². The van der Waals surface area contributed by atoms with Gasteiger partial charge in [0.2, 0.25) is 5.16 Å². The molecule has 2 N–H and O–H groups in total. The van der Waals surface area contributed by atoms with Gasteiger partial charge < -0.3 is 5.84 Å².